The number of nitrogens with zero attached hydrogens (tertiary/aromatic N) is 2. The van der Waals surface area contributed by atoms with Gasteiger partial charge in [0.05, 0.1) is 5.92 Å². The molecular formula is C19H24N2O3. The molecule has 2 aliphatic rings. The van der Waals surface area contributed by atoms with E-state index in [-0.39, 0.29) is 12.5 Å². The van der Waals surface area contributed by atoms with Gasteiger partial charge in [-0.25, -0.2) is 0 Å². The molecular weight excluding hydrogens is 304 g/mol. The average molecular weight is 328 g/mol. The number of hydrogen-bond donors (Lipinski definition) is 1. The second-order valence-electron chi connectivity index (χ2n) is 6.77. The largest absolute Gasteiger partial charge is 0.481 e. The fraction of sp³-hybridized carbons (Fsp3) is 0.474. The van der Waals surface area contributed by atoms with Crippen molar-refractivity contribution in [3.8, 4) is 0 Å². The van der Waals surface area contributed by atoms with E-state index in [1.165, 1.54) is 12.8 Å². The maximum Gasteiger partial charge on any atom is 0.309 e. The summed E-state index contributed by atoms with van der Waals surface area (Å²) < 4.78 is 0. The van der Waals surface area contributed by atoms with Gasteiger partial charge in [-0.15, -0.1) is 0 Å². The molecule has 1 aliphatic carbocycles. The van der Waals surface area contributed by atoms with Crippen LogP contribution in [0.15, 0.2) is 36.4 Å². The van der Waals surface area contributed by atoms with Crippen LogP contribution in [0.2, 0.25) is 0 Å². The van der Waals surface area contributed by atoms with Crippen LogP contribution in [0.5, 0.6) is 0 Å². The van der Waals surface area contributed by atoms with Gasteiger partial charge in [-0.05, 0) is 30.4 Å². The van der Waals surface area contributed by atoms with Gasteiger partial charge in [-0.2, -0.15) is 0 Å². The zero-order chi connectivity index (χ0) is 16.9. The van der Waals surface area contributed by atoms with E-state index in [1.54, 1.807) is 17.1 Å². The highest BCUT2D eigenvalue weighted by molar-refractivity contribution is 5.92. The molecule has 3 rings (SSSR count). The first kappa shape index (κ1) is 16.7. The molecule has 2 fully saturated rings. The molecule has 0 radical (unpaired) electrons. The first-order chi connectivity index (χ1) is 11.6. The summed E-state index contributed by atoms with van der Waals surface area (Å²) in [5.74, 6) is -0.721. The summed E-state index contributed by atoms with van der Waals surface area (Å²) in [5.41, 5.74) is 0.964. The molecule has 1 saturated carbocycles. The summed E-state index contributed by atoms with van der Waals surface area (Å²) in [7, 11) is 0. The second kappa shape index (κ2) is 7.62. The number of carbonyl (C=O) groups is 2. The second-order valence-corrected chi connectivity index (χ2v) is 6.77. The van der Waals surface area contributed by atoms with E-state index in [1.807, 2.05) is 30.3 Å². The molecule has 1 N–H and O–H groups in total. The number of hydrogen-bond acceptors (Lipinski definition) is 3. The van der Waals surface area contributed by atoms with Crippen LogP contribution in [0.3, 0.4) is 0 Å². The molecule has 5 heteroatoms. The number of carbonyl (C=O) groups excluding carboxylic acids is 1. The van der Waals surface area contributed by atoms with Crippen molar-refractivity contribution in [3.05, 3.63) is 42.0 Å². The van der Waals surface area contributed by atoms with Gasteiger partial charge < -0.3 is 14.9 Å². The highest BCUT2D eigenvalue weighted by Gasteiger charge is 2.32. The lowest BCUT2D eigenvalue weighted by Crippen LogP contribution is -2.37. The molecule has 1 unspecified atom stereocenters. The molecule has 128 valence electrons. The Morgan fingerprint density at radius 3 is 2.54 bits per heavy atom. The zero-order valence-electron chi connectivity index (χ0n) is 13.8. The number of carboxylic acid groups (broad SMARTS) is 1. The maximum atomic E-state index is 12.5. The molecule has 1 amide bonds. The molecule has 1 heterocycles. The van der Waals surface area contributed by atoms with Crippen LogP contribution >= 0.6 is 0 Å². The van der Waals surface area contributed by atoms with Gasteiger partial charge in [0.1, 0.15) is 0 Å². The van der Waals surface area contributed by atoms with Crippen molar-refractivity contribution >= 4 is 18.0 Å². The molecule has 1 saturated heterocycles. The van der Waals surface area contributed by atoms with Crippen LogP contribution < -0.4 is 0 Å². The van der Waals surface area contributed by atoms with E-state index in [0.29, 0.717) is 13.1 Å². The SMILES string of the molecule is O=C(O)C1CN(CC2CC2)CCN(C(=O)/C=C/c2ccccc2)C1. The predicted molar refractivity (Wildman–Crippen MR) is 92.3 cm³/mol. The van der Waals surface area contributed by atoms with Gasteiger partial charge in [0.2, 0.25) is 5.91 Å². The standard InChI is InChI=1S/C19H24N2O3/c22-18(9-8-15-4-2-1-3-5-15)21-11-10-20(12-16-6-7-16)13-17(14-21)19(23)24/h1-5,8-9,16-17H,6-7,10-14H2,(H,23,24)/b9-8+. The summed E-state index contributed by atoms with van der Waals surface area (Å²) in [5, 5.41) is 9.46. The van der Waals surface area contributed by atoms with E-state index in [0.717, 1.165) is 24.6 Å². The van der Waals surface area contributed by atoms with Gasteiger partial charge in [-0.3, -0.25) is 9.59 Å². The molecule has 1 atom stereocenters. The third-order valence-corrected chi connectivity index (χ3v) is 4.70. The lowest BCUT2D eigenvalue weighted by atomic mass is 10.1. The van der Waals surface area contributed by atoms with E-state index in [2.05, 4.69) is 4.90 Å². The van der Waals surface area contributed by atoms with Crippen LogP contribution in [0.4, 0.5) is 0 Å². The Labute approximate surface area is 142 Å². The molecule has 5 nitrogen and oxygen atoms in total. The van der Waals surface area contributed by atoms with Gasteiger partial charge in [-0.1, -0.05) is 30.3 Å². The summed E-state index contributed by atoms with van der Waals surface area (Å²) in [6.07, 6.45) is 5.82. The Morgan fingerprint density at radius 1 is 1.12 bits per heavy atom. The minimum atomic E-state index is -0.817. The predicted octanol–water partition coefficient (Wildman–Crippen LogP) is 1.95. The Morgan fingerprint density at radius 2 is 1.88 bits per heavy atom. The normalized spacial score (nSPS) is 22.5. The van der Waals surface area contributed by atoms with Gasteiger partial charge in [0.15, 0.2) is 0 Å². The lowest BCUT2D eigenvalue weighted by molar-refractivity contribution is -0.143. The third-order valence-electron chi connectivity index (χ3n) is 4.70. The van der Waals surface area contributed by atoms with E-state index in [4.69, 9.17) is 0 Å². The highest BCUT2D eigenvalue weighted by Crippen LogP contribution is 2.30. The van der Waals surface area contributed by atoms with E-state index < -0.39 is 11.9 Å². The van der Waals surface area contributed by atoms with E-state index >= 15 is 0 Å². The van der Waals surface area contributed by atoms with Gasteiger partial charge in [0.25, 0.3) is 0 Å². The molecule has 0 bridgehead atoms. The monoisotopic (exact) mass is 328 g/mol. The average Bonchev–Trinajstić information content (AvgIpc) is 3.41. The fourth-order valence-corrected chi connectivity index (χ4v) is 3.10. The molecule has 24 heavy (non-hydrogen) atoms. The summed E-state index contributed by atoms with van der Waals surface area (Å²) in [6, 6.07) is 9.64. The molecule has 0 spiro atoms. The number of amides is 1. The molecule has 0 aromatic heterocycles. The Kier molecular flexibility index (Phi) is 5.30. The first-order valence-corrected chi connectivity index (χ1v) is 8.59. The van der Waals surface area contributed by atoms with E-state index in [9.17, 15) is 14.7 Å². The van der Waals surface area contributed by atoms with Crippen molar-refractivity contribution in [1.29, 1.82) is 0 Å². The van der Waals surface area contributed by atoms with Crippen molar-refractivity contribution in [2.24, 2.45) is 11.8 Å². The van der Waals surface area contributed by atoms with Crippen LogP contribution in [0.1, 0.15) is 18.4 Å². The third kappa shape index (κ3) is 4.68. The summed E-state index contributed by atoms with van der Waals surface area (Å²) >= 11 is 0. The zero-order valence-corrected chi connectivity index (χ0v) is 13.8. The molecule has 1 aromatic carbocycles. The van der Waals surface area contributed by atoms with Crippen LogP contribution in [-0.2, 0) is 9.59 Å². The highest BCUT2D eigenvalue weighted by atomic mass is 16.4. The Bertz CT molecular complexity index is 610. The quantitative estimate of drug-likeness (QED) is 0.840. The van der Waals surface area contributed by atoms with Crippen LogP contribution in [0.25, 0.3) is 6.08 Å². The van der Waals surface area contributed by atoms with Crippen molar-refractivity contribution in [2.75, 3.05) is 32.7 Å². The Balaban J connectivity index is 1.64. The number of rotatable bonds is 5. The first-order valence-electron chi connectivity index (χ1n) is 8.59. The minimum Gasteiger partial charge on any atom is -0.481 e. The smallest absolute Gasteiger partial charge is 0.309 e. The summed E-state index contributed by atoms with van der Waals surface area (Å²) in [4.78, 5) is 27.9. The lowest BCUT2D eigenvalue weighted by Gasteiger charge is -2.21. The van der Waals surface area contributed by atoms with Gasteiger partial charge in [0, 0.05) is 38.8 Å². The minimum absolute atomic E-state index is 0.113. The number of carboxylic acids is 1. The Hall–Kier alpha value is -2.14. The van der Waals surface area contributed by atoms with Crippen molar-refractivity contribution in [1.82, 2.24) is 9.80 Å². The molecule has 1 aromatic rings. The number of benzene rings is 1. The van der Waals surface area contributed by atoms with Crippen molar-refractivity contribution in [2.45, 2.75) is 12.8 Å². The van der Waals surface area contributed by atoms with Crippen LogP contribution in [-0.4, -0.2) is 59.5 Å². The van der Waals surface area contributed by atoms with Crippen molar-refractivity contribution < 1.29 is 14.7 Å². The van der Waals surface area contributed by atoms with Gasteiger partial charge >= 0.3 is 5.97 Å². The maximum absolute atomic E-state index is 12.5. The summed E-state index contributed by atoms with van der Waals surface area (Å²) in [6.45, 7) is 3.14. The number of aliphatic carboxylic acids is 1. The topological polar surface area (TPSA) is 60.9 Å². The van der Waals surface area contributed by atoms with Crippen LogP contribution in [0, 0.1) is 11.8 Å². The fourth-order valence-electron chi connectivity index (χ4n) is 3.10. The van der Waals surface area contributed by atoms with Crippen molar-refractivity contribution in [3.63, 3.8) is 0 Å². The molecule has 1 aliphatic heterocycles.